The first-order valence-electron chi connectivity index (χ1n) is 8.21. The van der Waals surface area contributed by atoms with Crippen molar-refractivity contribution in [2.45, 2.75) is 19.6 Å². The van der Waals surface area contributed by atoms with Gasteiger partial charge in [-0.15, -0.1) is 0 Å². The molecular formula is C19H23BrClNO3. The van der Waals surface area contributed by atoms with Crippen LogP contribution in [-0.2, 0) is 6.61 Å². The smallest absolute Gasteiger partial charge is 0.125 e. The highest BCUT2D eigenvalue weighted by atomic mass is 79.9. The molecule has 2 N–H and O–H groups in total. The van der Waals surface area contributed by atoms with Gasteiger partial charge in [0.05, 0.1) is 12.7 Å². The van der Waals surface area contributed by atoms with Gasteiger partial charge in [0.1, 0.15) is 12.4 Å². The second kappa shape index (κ2) is 10.1. The molecule has 1 unspecified atom stereocenters. The summed E-state index contributed by atoms with van der Waals surface area (Å²) in [7, 11) is 0. The molecule has 136 valence electrons. The number of rotatable bonds is 9. The molecule has 0 saturated heterocycles. The van der Waals surface area contributed by atoms with E-state index in [9.17, 15) is 5.11 Å². The Morgan fingerprint density at radius 1 is 1.20 bits per heavy atom. The molecule has 0 fully saturated rings. The lowest BCUT2D eigenvalue weighted by Crippen LogP contribution is -2.31. The van der Waals surface area contributed by atoms with E-state index in [4.69, 9.17) is 21.4 Å². The molecule has 2 rings (SSSR count). The number of ether oxygens (including phenoxy) is 1. The summed E-state index contributed by atoms with van der Waals surface area (Å²) in [6.45, 7) is 4.19. The van der Waals surface area contributed by atoms with Gasteiger partial charge in [0.2, 0.25) is 0 Å². The summed E-state index contributed by atoms with van der Waals surface area (Å²) < 4.78 is 6.80. The molecule has 0 spiro atoms. The Labute approximate surface area is 162 Å². The second-order valence-electron chi connectivity index (χ2n) is 5.73. The Hall–Kier alpha value is -1.11. The zero-order valence-electron chi connectivity index (χ0n) is 14.2. The van der Waals surface area contributed by atoms with Crippen LogP contribution in [0.15, 0.2) is 46.9 Å². The summed E-state index contributed by atoms with van der Waals surface area (Å²) in [5.74, 6) is 0.644. The molecule has 4 nitrogen and oxygen atoms in total. The van der Waals surface area contributed by atoms with Crippen molar-refractivity contribution in [3.8, 4) is 5.75 Å². The quantitative estimate of drug-likeness (QED) is 0.633. The summed E-state index contributed by atoms with van der Waals surface area (Å²) in [5.41, 5.74) is 1.72. The van der Waals surface area contributed by atoms with Gasteiger partial charge in [-0.2, -0.15) is 0 Å². The molecule has 0 heterocycles. The summed E-state index contributed by atoms with van der Waals surface area (Å²) in [6, 6.07) is 13.1. The van der Waals surface area contributed by atoms with Crippen LogP contribution in [0.4, 0.5) is 0 Å². The van der Waals surface area contributed by atoms with Crippen LogP contribution in [0.25, 0.3) is 0 Å². The number of hydrogen-bond donors (Lipinski definition) is 2. The topological polar surface area (TPSA) is 52.9 Å². The summed E-state index contributed by atoms with van der Waals surface area (Å²) in [6.07, 6.45) is -0.704. The number of nitrogens with zero attached hydrogens (tertiary/aromatic N) is 1. The van der Waals surface area contributed by atoms with Gasteiger partial charge in [-0.1, -0.05) is 46.6 Å². The fourth-order valence-corrected chi connectivity index (χ4v) is 3.02. The van der Waals surface area contributed by atoms with Gasteiger partial charge in [0.15, 0.2) is 0 Å². The summed E-state index contributed by atoms with van der Waals surface area (Å²) in [4.78, 5) is 1.99. The van der Waals surface area contributed by atoms with Crippen LogP contribution >= 0.6 is 27.5 Å². The molecule has 0 amide bonds. The van der Waals surface area contributed by atoms with Crippen molar-refractivity contribution in [1.29, 1.82) is 0 Å². The van der Waals surface area contributed by atoms with E-state index < -0.39 is 6.10 Å². The first kappa shape index (κ1) is 20.2. The third kappa shape index (κ3) is 6.28. The highest BCUT2D eigenvalue weighted by molar-refractivity contribution is 9.10. The molecule has 0 saturated carbocycles. The molecule has 25 heavy (non-hydrogen) atoms. The van der Waals surface area contributed by atoms with Gasteiger partial charge in [0, 0.05) is 28.1 Å². The average Bonchev–Trinajstić information content (AvgIpc) is 2.61. The zero-order chi connectivity index (χ0) is 18.2. The minimum atomic E-state index is -0.704. The zero-order valence-corrected chi connectivity index (χ0v) is 16.5. The van der Waals surface area contributed by atoms with E-state index in [0.717, 1.165) is 22.1 Å². The van der Waals surface area contributed by atoms with Crippen molar-refractivity contribution >= 4 is 27.5 Å². The molecule has 0 aliphatic carbocycles. The molecule has 2 aromatic rings. The maximum atomic E-state index is 10.6. The van der Waals surface area contributed by atoms with Gasteiger partial charge in [-0.25, -0.2) is 0 Å². The van der Waals surface area contributed by atoms with Crippen molar-refractivity contribution in [1.82, 2.24) is 4.90 Å². The highest BCUT2D eigenvalue weighted by Crippen LogP contribution is 2.30. The van der Waals surface area contributed by atoms with Crippen molar-refractivity contribution in [3.63, 3.8) is 0 Å². The van der Waals surface area contributed by atoms with E-state index in [1.165, 1.54) is 0 Å². The van der Waals surface area contributed by atoms with Gasteiger partial charge >= 0.3 is 0 Å². The van der Waals surface area contributed by atoms with Crippen LogP contribution in [0.2, 0.25) is 5.02 Å². The van der Waals surface area contributed by atoms with E-state index in [1.807, 2.05) is 54.3 Å². The predicted molar refractivity (Wildman–Crippen MR) is 104 cm³/mol. The first-order valence-corrected chi connectivity index (χ1v) is 9.38. The summed E-state index contributed by atoms with van der Waals surface area (Å²) in [5, 5.41) is 20.4. The minimum Gasteiger partial charge on any atom is -0.489 e. The molecular weight excluding hydrogens is 406 g/mol. The largest absolute Gasteiger partial charge is 0.489 e. The van der Waals surface area contributed by atoms with E-state index in [-0.39, 0.29) is 6.61 Å². The molecule has 0 radical (unpaired) electrons. The Morgan fingerprint density at radius 3 is 2.56 bits per heavy atom. The van der Waals surface area contributed by atoms with Crippen LogP contribution in [0.1, 0.15) is 24.2 Å². The van der Waals surface area contributed by atoms with Crippen LogP contribution in [0.3, 0.4) is 0 Å². The van der Waals surface area contributed by atoms with E-state index in [1.54, 1.807) is 0 Å². The molecule has 6 heteroatoms. The van der Waals surface area contributed by atoms with Crippen LogP contribution < -0.4 is 4.74 Å². The number of halogens is 2. The van der Waals surface area contributed by atoms with Crippen molar-refractivity contribution in [2.75, 3.05) is 26.2 Å². The fourth-order valence-electron chi connectivity index (χ4n) is 2.52. The molecule has 0 bridgehead atoms. The third-order valence-corrected chi connectivity index (χ3v) is 4.68. The van der Waals surface area contributed by atoms with Gasteiger partial charge in [-0.3, -0.25) is 4.90 Å². The Bertz CT molecular complexity index is 666. The van der Waals surface area contributed by atoms with E-state index in [0.29, 0.717) is 30.5 Å². The predicted octanol–water partition coefficient (Wildman–Crippen LogP) is 4.03. The summed E-state index contributed by atoms with van der Waals surface area (Å²) >= 11 is 9.35. The number of aliphatic hydroxyl groups is 2. The SMILES string of the molecule is CCN(CCO)CC(O)c1cc(Br)ccc1OCc1ccc(Cl)cc1. The maximum Gasteiger partial charge on any atom is 0.125 e. The highest BCUT2D eigenvalue weighted by Gasteiger charge is 2.17. The average molecular weight is 429 g/mol. The lowest BCUT2D eigenvalue weighted by atomic mass is 10.1. The number of aliphatic hydroxyl groups excluding tert-OH is 2. The molecule has 1 atom stereocenters. The normalized spacial score (nSPS) is 12.4. The van der Waals surface area contributed by atoms with Crippen LogP contribution in [0.5, 0.6) is 5.75 Å². The second-order valence-corrected chi connectivity index (χ2v) is 7.08. The van der Waals surface area contributed by atoms with Gasteiger partial charge in [-0.05, 0) is 42.4 Å². The molecule has 2 aromatic carbocycles. The number of likely N-dealkylation sites (N-methyl/N-ethyl adjacent to an activating group) is 1. The van der Waals surface area contributed by atoms with Crippen LogP contribution in [-0.4, -0.2) is 41.4 Å². The molecule has 0 aromatic heterocycles. The Balaban J connectivity index is 2.11. The molecule has 0 aliphatic heterocycles. The minimum absolute atomic E-state index is 0.0684. The van der Waals surface area contributed by atoms with Crippen LogP contribution in [0, 0.1) is 0 Å². The Kier molecular flexibility index (Phi) is 8.19. The monoisotopic (exact) mass is 427 g/mol. The van der Waals surface area contributed by atoms with Crippen molar-refractivity contribution in [2.24, 2.45) is 0 Å². The van der Waals surface area contributed by atoms with Crippen molar-refractivity contribution < 1.29 is 14.9 Å². The van der Waals surface area contributed by atoms with Crippen molar-refractivity contribution in [3.05, 3.63) is 63.1 Å². The lowest BCUT2D eigenvalue weighted by Gasteiger charge is -2.24. The molecule has 0 aliphatic rings. The Morgan fingerprint density at radius 2 is 1.92 bits per heavy atom. The van der Waals surface area contributed by atoms with Gasteiger partial charge < -0.3 is 14.9 Å². The first-order chi connectivity index (χ1) is 12.0. The number of hydrogen-bond acceptors (Lipinski definition) is 4. The standard InChI is InChI=1S/C19H23BrClNO3/c1-2-22(9-10-23)12-18(24)17-11-15(20)5-8-19(17)25-13-14-3-6-16(21)7-4-14/h3-8,11,18,23-24H,2,9-10,12-13H2,1H3. The van der Waals surface area contributed by atoms with E-state index >= 15 is 0 Å². The maximum absolute atomic E-state index is 10.6. The van der Waals surface area contributed by atoms with Gasteiger partial charge in [0.25, 0.3) is 0 Å². The fraction of sp³-hybridized carbons (Fsp3) is 0.368. The third-order valence-electron chi connectivity index (χ3n) is 3.93. The number of benzene rings is 2. The lowest BCUT2D eigenvalue weighted by molar-refractivity contribution is 0.100. The van der Waals surface area contributed by atoms with E-state index in [2.05, 4.69) is 15.9 Å².